The summed E-state index contributed by atoms with van der Waals surface area (Å²) in [4.78, 5) is 11.9. The average Bonchev–Trinajstić information content (AvgIpc) is 2.23. The summed E-state index contributed by atoms with van der Waals surface area (Å²) in [5, 5.41) is 2.63. The van der Waals surface area contributed by atoms with E-state index in [9.17, 15) is 9.18 Å². The number of carbonyl (C=O) groups excluding carboxylic acids is 1. The molecule has 1 rings (SSSR count). The van der Waals surface area contributed by atoms with Crippen LogP contribution in [0.25, 0.3) is 0 Å². The van der Waals surface area contributed by atoms with Gasteiger partial charge in [-0.15, -0.1) is 0 Å². The number of hydrogen-bond donors (Lipinski definition) is 2. The highest BCUT2D eigenvalue weighted by Gasteiger charge is 2.27. The lowest BCUT2D eigenvalue weighted by Gasteiger charge is -2.22. The first kappa shape index (κ1) is 13.6. The zero-order chi connectivity index (χ0) is 13.1. The van der Waals surface area contributed by atoms with Gasteiger partial charge < -0.3 is 11.1 Å². The van der Waals surface area contributed by atoms with Gasteiger partial charge in [-0.2, -0.15) is 0 Å². The molecule has 1 aromatic carbocycles. The molecule has 1 atom stereocenters. The van der Waals surface area contributed by atoms with Crippen molar-refractivity contribution in [3.8, 4) is 0 Å². The van der Waals surface area contributed by atoms with Gasteiger partial charge in [0.15, 0.2) is 0 Å². The maximum absolute atomic E-state index is 13.3. The molecule has 94 valence electrons. The number of carbonyl (C=O) groups is 1. The zero-order valence-corrected chi connectivity index (χ0v) is 10.5. The third kappa shape index (κ3) is 3.53. The topological polar surface area (TPSA) is 55.1 Å². The van der Waals surface area contributed by atoms with Crippen molar-refractivity contribution in [1.29, 1.82) is 0 Å². The van der Waals surface area contributed by atoms with E-state index in [1.807, 2.05) is 6.92 Å². The van der Waals surface area contributed by atoms with Crippen LogP contribution in [0.4, 0.5) is 10.1 Å². The highest BCUT2D eigenvalue weighted by molar-refractivity contribution is 5.97. The summed E-state index contributed by atoms with van der Waals surface area (Å²) >= 11 is 0. The Bertz CT molecular complexity index is 416. The maximum Gasteiger partial charge on any atom is 0.244 e. The molecule has 1 unspecified atom stereocenters. The molecule has 0 spiro atoms. The van der Waals surface area contributed by atoms with Gasteiger partial charge in [-0.25, -0.2) is 4.39 Å². The normalized spacial score (nSPS) is 14.2. The molecule has 0 saturated heterocycles. The van der Waals surface area contributed by atoms with Crippen molar-refractivity contribution in [3.05, 3.63) is 29.6 Å². The van der Waals surface area contributed by atoms with Crippen LogP contribution in [0.2, 0.25) is 0 Å². The molecule has 0 heterocycles. The Morgan fingerprint density at radius 2 is 2.18 bits per heavy atom. The summed E-state index contributed by atoms with van der Waals surface area (Å²) in [6.45, 7) is 5.31. The molecule has 0 aliphatic rings. The first-order valence-corrected chi connectivity index (χ1v) is 5.73. The molecule has 1 aromatic rings. The van der Waals surface area contributed by atoms with E-state index in [4.69, 9.17) is 5.73 Å². The van der Waals surface area contributed by atoms with Gasteiger partial charge in [0.25, 0.3) is 0 Å². The van der Waals surface area contributed by atoms with Gasteiger partial charge >= 0.3 is 0 Å². The lowest BCUT2D eigenvalue weighted by atomic mass is 9.96. The highest BCUT2D eigenvalue weighted by Crippen LogP contribution is 2.16. The van der Waals surface area contributed by atoms with Crippen LogP contribution in [0.3, 0.4) is 0 Å². The molecular weight excluding hydrogens is 219 g/mol. The van der Waals surface area contributed by atoms with Crippen molar-refractivity contribution >= 4 is 11.6 Å². The van der Waals surface area contributed by atoms with Gasteiger partial charge in [-0.05, 0) is 38.0 Å². The fourth-order valence-corrected chi connectivity index (χ4v) is 1.58. The van der Waals surface area contributed by atoms with Gasteiger partial charge in [0, 0.05) is 5.69 Å². The molecule has 0 bridgehead atoms. The summed E-state index contributed by atoms with van der Waals surface area (Å²) < 4.78 is 13.3. The molecule has 0 radical (unpaired) electrons. The second kappa shape index (κ2) is 5.27. The molecule has 4 heteroatoms. The summed E-state index contributed by atoms with van der Waals surface area (Å²) in [5.41, 5.74) is 5.94. The van der Waals surface area contributed by atoms with Gasteiger partial charge in [0.1, 0.15) is 5.82 Å². The van der Waals surface area contributed by atoms with Gasteiger partial charge in [-0.1, -0.05) is 19.4 Å². The number of nitrogens with two attached hydrogens (primary N) is 1. The van der Waals surface area contributed by atoms with Crippen molar-refractivity contribution < 1.29 is 9.18 Å². The molecule has 1 amide bonds. The predicted molar refractivity (Wildman–Crippen MR) is 67.3 cm³/mol. The standard InChI is InChI=1S/C13H19FN2O/c1-4-7-13(3,15)12(17)16-10-6-5-9(2)11(14)8-10/h5-6,8H,4,7,15H2,1-3H3,(H,16,17). The Balaban J connectivity index is 2.77. The van der Waals surface area contributed by atoms with Crippen molar-refractivity contribution in [1.82, 2.24) is 0 Å². The summed E-state index contributed by atoms with van der Waals surface area (Å²) in [7, 11) is 0. The minimum Gasteiger partial charge on any atom is -0.324 e. The third-order valence-electron chi connectivity index (χ3n) is 2.72. The molecule has 3 N–H and O–H groups in total. The molecule has 17 heavy (non-hydrogen) atoms. The van der Waals surface area contributed by atoms with E-state index >= 15 is 0 Å². The van der Waals surface area contributed by atoms with Crippen LogP contribution in [0.1, 0.15) is 32.3 Å². The molecule has 0 saturated carbocycles. The number of halogens is 1. The second-order valence-corrected chi connectivity index (χ2v) is 4.59. The summed E-state index contributed by atoms with van der Waals surface area (Å²) in [5.74, 6) is -0.625. The molecule has 0 aliphatic carbocycles. The lowest BCUT2D eigenvalue weighted by molar-refractivity contribution is -0.120. The Morgan fingerprint density at radius 1 is 1.53 bits per heavy atom. The first-order valence-electron chi connectivity index (χ1n) is 5.73. The van der Waals surface area contributed by atoms with Gasteiger partial charge in [0.2, 0.25) is 5.91 Å². The van der Waals surface area contributed by atoms with E-state index in [2.05, 4.69) is 5.32 Å². The largest absolute Gasteiger partial charge is 0.324 e. The summed E-state index contributed by atoms with van der Waals surface area (Å²) in [6.07, 6.45) is 1.41. The predicted octanol–water partition coefficient (Wildman–Crippen LogP) is 2.59. The smallest absolute Gasteiger partial charge is 0.244 e. The highest BCUT2D eigenvalue weighted by atomic mass is 19.1. The number of benzene rings is 1. The Kier molecular flexibility index (Phi) is 4.23. The van der Waals surface area contributed by atoms with Crippen LogP contribution in [-0.2, 0) is 4.79 Å². The number of amides is 1. The quantitative estimate of drug-likeness (QED) is 0.847. The molecule has 3 nitrogen and oxygen atoms in total. The van der Waals surface area contributed by atoms with E-state index in [-0.39, 0.29) is 11.7 Å². The Labute approximate surface area is 101 Å². The molecular formula is C13H19FN2O. The van der Waals surface area contributed by atoms with Crippen LogP contribution in [0.5, 0.6) is 0 Å². The van der Waals surface area contributed by atoms with Crippen LogP contribution < -0.4 is 11.1 Å². The molecule has 0 aromatic heterocycles. The summed E-state index contributed by atoms with van der Waals surface area (Å²) in [6, 6.07) is 4.59. The average molecular weight is 238 g/mol. The zero-order valence-electron chi connectivity index (χ0n) is 10.5. The number of hydrogen-bond acceptors (Lipinski definition) is 2. The van der Waals surface area contributed by atoms with Crippen molar-refractivity contribution in [2.24, 2.45) is 5.73 Å². The minimum absolute atomic E-state index is 0.289. The number of nitrogens with one attached hydrogen (secondary N) is 1. The van der Waals surface area contributed by atoms with E-state index < -0.39 is 5.54 Å². The number of rotatable bonds is 4. The fraction of sp³-hybridized carbons (Fsp3) is 0.462. The van der Waals surface area contributed by atoms with Crippen molar-refractivity contribution in [2.75, 3.05) is 5.32 Å². The van der Waals surface area contributed by atoms with Crippen molar-refractivity contribution in [2.45, 2.75) is 39.2 Å². The Morgan fingerprint density at radius 3 is 2.71 bits per heavy atom. The minimum atomic E-state index is -0.921. The lowest BCUT2D eigenvalue weighted by Crippen LogP contribution is -2.48. The van der Waals surface area contributed by atoms with E-state index in [0.717, 1.165) is 6.42 Å². The van der Waals surface area contributed by atoms with Gasteiger partial charge in [0.05, 0.1) is 5.54 Å². The monoisotopic (exact) mass is 238 g/mol. The van der Waals surface area contributed by atoms with Crippen LogP contribution in [0.15, 0.2) is 18.2 Å². The SMILES string of the molecule is CCCC(C)(N)C(=O)Nc1ccc(C)c(F)c1. The second-order valence-electron chi connectivity index (χ2n) is 4.59. The van der Waals surface area contributed by atoms with Crippen LogP contribution in [0, 0.1) is 12.7 Å². The third-order valence-corrected chi connectivity index (χ3v) is 2.72. The first-order chi connectivity index (χ1) is 7.86. The van der Waals surface area contributed by atoms with E-state index in [1.54, 1.807) is 26.0 Å². The van der Waals surface area contributed by atoms with Crippen LogP contribution >= 0.6 is 0 Å². The molecule has 0 fully saturated rings. The maximum atomic E-state index is 13.3. The Hall–Kier alpha value is -1.42. The van der Waals surface area contributed by atoms with Gasteiger partial charge in [-0.3, -0.25) is 4.79 Å². The van der Waals surface area contributed by atoms with Crippen molar-refractivity contribution in [3.63, 3.8) is 0 Å². The molecule has 0 aliphatic heterocycles. The van der Waals surface area contributed by atoms with Crippen LogP contribution in [-0.4, -0.2) is 11.4 Å². The van der Waals surface area contributed by atoms with E-state index in [0.29, 0.717) is 17.7 Å². The number of anilines is 1. The fourth-order valence-electron chi connectivity index (χ4n) is 1.58. The number of aryl methyl sites for hydroxylation is 1. The van der Waals surface area contributed by atoms with E-state index in [1.165, 1.54) is 6.07 Å².